The Hall–Kier alpha value is -1.10. The number of thiazole rings is 1. The minimum atomic E-state index is -0.213. The van der Waals surface area contributed by atoms with Crippen molar-refractivity contribution in [2.45, 2.75) is 13.3 Å². The van der Waals surface area contributed by atoms with E-state index in [0.717, 1.165) is 17.8 Å². The van der Waals surface area contributed by atoms with E-state index in [1.54, 1.807) is 0 Å². The Morgan fingerprint density at radius 1 is 1.75 bits per heavy atom. The maximum Gasteiger partial charge on any atom is 0.305 e. The van der Waals surface area contributed by atoms with Crippen molar-refractivity contribution in [1.29, 1.82) is 0 Å². The highest BCUT2D eigenvalue weighted by Gasteiger charge is 2.05. The molecule has 0 saturated carbocycles. The Morgan fingerprint density at radius 3 is 3.00 bits per heavy atom. The number of carbonyl (C=O) groups excluding carboxylic acids is 1. The molecule has 1 aromatic heterocycles. The highest BCUT2D eigenvalue weighted by molar-refractivity contribution is 7.07. The highest BCUT2D eigenvalue weighted by Crippen LogP contribution is 1.94. The summed E-state index contributed by atoms with van der Waals surface area (Å²) < 4.78 is 0. The van der Waals surface area contributed by atoms with E-state index in [2.05, 4.69) is 10.3 Å². The molecule has 5 heteroatoms. The van der Waals surface area contributed by atoms with Gasteiger partial charge in [0.15, 0.2) is 0 Å². The second-order valence-electron chi connectivity index (χ2n) is 2.32. The molecule has 0 fully saturated rings. The van der Waals surface area contributed by atoms with Crippen molar-refractivity contribution in [3.63, 3.8) is 0 Å². The molecule has 0 saturated heterocycles. The molecule has 12 heavy (non-hydrogen) atoms. The van der Waals surface area contributed by atoms with Crippen LogP contribution >= 0.6 is 11.3 Å². The molecule has 66 valence electrons. The normalized spacial score (nSPS) is 9.75. The van der Waals surface area contributed by atoms with Gasteiger partial charge in [-0.25, -0.2) is 0 Å². The fraction of sp³-hybridized carbons (Fsp3) is 0.429. The van der Waals surface area contributed by atoms with Crippen LogP contribution in [-0.4, -0.2) is 17.4 Å². The van der Waals surface area contributed by atoms with Gasteiger partial charge in [-0.3, -0.25) is 9.59 Å². The van der Waals surface area contributed by atoms with Gasteiger partial charge in [0, 0.05) is 11.9 Å². The van der Waals surface area contributed by atoms with Gasteiger partial charge in [-0.05, 0) is 6.42 Å². The van der Waals surface area contributed by atoms with Crippen molar-refractivity contribution in [2.75, 3.05) is 6.54 Å². The zero-order valence-corrected chi connectivity index (χ0v) is 7.53. The minimum absolute atomic E-state index is 0.198. The van der Waals surface area contributed by atoms with Crippen LogP contribution in [0, 0.1) is 0 Å². The molecular weight excluding hydrogens is 176 g/mol. The van der Waals surface area contributed by atoms with Gasteiger partial charge in [0.1, 0.15) is 5.69 Å². The number of rotatable bonds is 3. The lowest BCUT2D eigenvalue weighted by Gasteiger charge is -1.98. The van der Waals surface area contributed by atoms with E-state index in [4.69, 9.17) is 0 Å². The number of amides is 1. The number of nitrogens with one attached hydrogen (secondary N) is 2. The number of hydrogen-bond acceptors (Lipinski definition) is 3. The smallest absolute Gasteiger partial charge is 0.305 e. The Balaban J connectivity index is 2.59. The van der Waals surface area contributed by atoms with Gasteiger partial charge in [0.2, 0.25) is 0 Å². The number of hydrogen-bond donors (Lipinski definition) is 2. The van der Waals surface area contributed by atoms with Crippen LogP contribution in [0.4, 0.5) is 0 Å². The van der Waals surface area contributed by atoms with E-state index in [0.29, 0.717) is 12.2 Å². The molecule has 1 heterocycles. The van der Waals surface area contributed by atoms with Crippen molar-refractivity contribution in [3.05, 3.63) is 20.7 Å². The molecule has 1 aromatic rings. The van der Waals surface area contributed by atoms with Crippen LogP contribution in [0.25, 0.3) is 0 Å². The second kappa shape index (κ2) is 4.06. The number of aromatic amines is 1. The van der Waals surface area contributed by atoms with Gasteiger partial charge in [0.05, 0.1) is 0 Å². The maximum atomic E-state index is 11.1. The molecule has 1 amide bonds. The van der Waals surface area contributed by atoms with E-state index in [1.807, 2.05) is 6.92 Å². The molecule has 0 radical (unpaired) electrons. The van der Waals surface area contributed by atoms with E-state index >= 15 is 0 Å². The number of aromatic nitrogens is 1. The van der Waals surface area contributed by atoms with Gasteiger partial charge in [-0.1, -0.05) is 18.3 Å². The molecular formula is C7H10N2O2S. The van der Waals surface area contributed by atoms with E-state index in [-0.39, 0.29) is 10.8 Å². The maximum absolute atomic E-state index is 11.1. The topological polar surface area (TPSA) is 62.0 Å². The summed E-state index contributed by atoms with van der Waals surface area (Å²) in [7, 11) is 0. The Labute approximate surface area is 73.6 Å². The molecule has 0 spiro atoms. The van der Waals surface area contributed by atoms with Crippen molar-refractivity contribution in [1.82, 2.24) is 10.3 Å². The van der Waals surface area contributed by atoms with Crippen LogP contribution in [0.1, 0.15) is 23.8 Å². The Bertz CT molecular complexity index is 315. The summed E-state index contributed by atoms with van der Waals surface area (Å²) in [5.41, 5.74) is 0.346. The van der Waals surface area contributed by atoms with Crippen LogP contribution in [0.15, 0.2) is 10.2 Å². The van der Waals surface area contributed by atoms with Gasteiger partial charge in [-0.2, -0.15) is 0 Å². The molecule has 0 aromatic carbocycles. The predicted octanol–water partition coefficient (Wildman–Crippen LogP) is 0.576. The van der Waals surface area contributed by atoms with Crippen molar-refractivity contribution >= 4 is 17.2 Å². The van der Waals surface area contributed by atoms with Crippen molar-refractivity contribution in [3.8, 4) is 0 Å². The third kappa shape index (κ3) is 2.20. The molecule has 2 N–H and O–H groups in total. The first-order valence-electron chi connectivity index (χ1n) is 3.70. The van der Waals surface area contributed by atoms with Gasteiger partial charge >= 0.3 is 4.87 Å². The van der Waals surface area contributed by atoms with Crippen LogP contribution in [0.3, 0.4) is 0 Å². The summed E-state index contributed by atoms with van der Waals surface area (Å²) in [5.74, 6) is -0.213. The van der Waals surface area contributed by atoms with Crippen LogP contribution in [0.2, 0.25) is 0 Å². The third-order valence-corrected chi connectivity index (χ3v) is 1.97. The second-order valence-corrected chi connectivity index (χ2v) is 3.16. The summed E-state index contributed by atoms with van der Waals surface area (Å²) >= 11 is 0.994. The first kappa shape index (κ1) is 8.99. The lowest BCUT2D eigenvalue weighted by atomic mass is 10.4. The zero-order chi connectivity index (χ0) is 8.97. The average molecular weight is 186 g/mol. The summed E-state index contributed by atoms with van der Waals surface area (Å²) in [6, 6.07) is 0. The summed E-state index contributed by atoms with van der Waals surface area (Å²) in [5, 5.41) is 4.18. The SMILES string of the molecule is CCCNC(=O)c1csc(=O)[nH]1. The lowest BCUT2D eigenvalue weighted by molar-refractivity contribution is 0.0949. The van der Waals surface area contributed by atoms with Crippen LogP contribution < -0.4 is 10.2 Å². The van der Waals surface area contributed by atoms with Crippen LogP contribution in [-0.2, 0) is 0 Å². The molecule has 0 atom stereocenters. The molecule has 4 nitrogen and oxygen atoms in total. The highest BCUT2D eigenvalue weighted by atomic mass is 32.1. The lowest BCUT2D eigenvalue weighted by Crippen LogP contribution is -2.24. The Morgan fingerprint density at radius 2 is 2.50 bits per heavy atom. The van der Waals surface area contributed by atoms with E-state index < -0.39 is 0 Å². The van der Waals surface area contributed by atoms with E-state index in [9.17, 15) is 9.59 Å². The molecule has 0 aliphatic heterocycles. The minimum Gasteiger partial charge on any atom is -0.351 e. The first-order chi connectivity index (χ1) is 5.74. The van der Waals surface area contributed by atoms with Crippen molar-refractivity contribution < 1.29 is 4.79 Å². The standard InChI is InChI=1S/C7H10N2O2S/c1-2-3-8-6(10)5-4-12-7(11)9-5/h4H,2-3H2,1H3,(H,8,10)(H,9,11). The molecule has 1 rings (SSSR count). The molecule has 0 aliphatic rings. The largest absolute Gasteiger partial charge is 0.351 e. The average Bonchev–Trinajstić information content (AvgIpc) is 2.47. The quantitative estimate of drug-likeness (QED) is 0.725. The Kier molecular flexibility index (Phi) is 3.04. The summed E-state index contributed by atoms with van der Waals surface area (Å²) in [6.07, 6.45) is 0.889. The fourth-order valence-corrected chi connectivity index (χ4v) is 1.29. The molecule has 0 unspecified atom stereocenters. The van der Waals surface area contributed by atoms with Crippen LogP contribution in [0.5, 0.6) is 0 Å². The van der Waals surface area contributed by atoms with Gasteiger partial charge in [-0.15, -0.1) is 0 Å². The molecule has 0 aliphatic carbocycles. The van der Waals surface area contributed by atoms with E-state index in [1.165, 1.54) is 5.38 Å². The van der Waals surface area contributed by atoms with Gasteiger partial charge < -0.3 is 10.3 Å². The van der Waals surface area contributed by atoms with Crippen molar-refractivity contribution in [2.24, 2.45) is 0 Å². The fourth-order valence-electron chi connectivity index (χ4n) is 0.725. The monoisotopic (exact) mass is 186 g/mol. The molecule has 0 bridgehead atoms. The zero-order valence-electron chi connectivity index (χ0n) is 6.72. The predicted molar refractivity (Wildman–Crippen MR) is 47.6 cm³/mol. The summed E-state index contributed by atoms with van der Waals surface area (Å²) in [6.45, 7) is 2.60. The third-order valence-electron chi connectivity index (χ3n) is 1.30. The number of H-pyrrole nitrogens is 1. The first-order valence-corrected chi connectivity index (χ1v) is 4.58. The number of carbonyl (C=O) groups is 1. The van der Waals surface area contributed by atoms with Gasteiger partial charge in [0.25, 0.3) is 5.91 Å². The summed E-state index contributed by atoms with van der Waals surface area (Å²) in [4.78, 5) is 24.0.